The largest absolute Gasteiger partial charge is 0.453 e. The topological polar surface area (TPSA) is 35.5 Å². The minimum Gasteiger partial charge on any atom is -0.453 e. The first-order valence-corrected chi connectivity index (χ1v) is 4.75. The van der Waals surface area contributed by atoms with Gasteiger partial charge in [-0.1, -0.05) is 13.0 Å². The highest BCUT2D eigenvalue weighted by Gasteiger charge is 2.24. The Bertz CT molecular complexity index is 390. The van der Waals surface area contributed by atoms with Crippen LogP contribution in [0, 0.1) is 5.82 Å². The number of aldehydes is 1. The molecule has 0 amide bonds. The maximum Gasteiger partial charge on any atom is 0.231 e. The first-order valence-electron chi connectivity index (χ1n) is 4.75. The molecule has 0 aliphatic carbocycles. The Morgan fingerprint density at radius 1 is 1.47 bits per heavy atom. The minimum absolute atomic E-state index is 0.0125. The van der Waals surface area contributed by atoms with Gasteiger partial charge in [-0.05, 0) is 12.0 Å². The molecule has 0 N–H and O–H groups in total. The van der Waals surface area contributed by atoms with E-state index in [9.17, 15) is 9.18 Å². The first-order chi connectivity index (χ1) is 7.24. The zero-order valence-electron chi connectivity index (χ0n) is 8.33. The molecule has 1 aromatic carbocycles. The summed E-state index contributed by atoms with van der Waals surface area (Å²) >= 11 is 0. The molecule has 4 heteroatoms. The van der Waals surface area contributed by atoms with Gasteiger partial charge in [0.15, 0.2) is 11.6 Å². The van der Waals surface area contributed by atoms with Crippen molar-refractivity contribution in [3.8, 4) is 11.5 Å². The fraction of sp³-hybridized carbons (Fsp3) is 0.364. The maximum absolute atomic E-state index is 13.2. The van der Waals surface area contributed by atoms with Crippen molar-refractivity contribution in [2.24, 2.45) is 0 Å². The Labute approximate surface area is 86.8 Å². The fourth-order valence-corrected chi connectivity index (χ4v) is 1.64. The summed E-state index contributed by atoms with van der Waals surface area (Å²) in [4.78, 5) is 10.4. The van der Waals surface area contributed by atoms with Crippen LogP contribution in [0.15, 0.2) is 12.1 Å². The zero-order valence-corrected chi connectivity index (χ0v) is 8.33. The Kier molecular flexibility index (Phi) is 2.58. The molecule has 1 heterocycles. The van der Waals surface area contributed by atoms with Crippen molar-refractivity contribution in [1.82, 2.24) is 0 Å². The van der Waals surface area contributed by atoms with Crippen molar-refractivity contribution in [2.75, 3.05) is 6.79 Å². The van der Waals surface area contributed by atoms with E-state index in [-0.39, 0.29) is 18.5 Å². The second kappa shape index (κ2) is 3.88. The Morgan fingerprint density at radius 3 is 2.93 bits per heavy atom. The van der Waals surface area contributed by atoms with Gasteiger partial charge in [-0.2, -0.15) is 0 Å². The lowest BCUT2D eigenvalue weighted by Gasteiger charge is -2.11. The highest BCUT2D eigenvalue weighted by Crippen LogP contribution is 2.41. The molecule has 0 spiro atoms. The number of rotatable bonds is 3. The number of carbonyl (C=O) groups is 1. The van der Waals surface area contributed by atoms with E-state index in [0.717, 1.165) is 11.8 Å². The van der Waals surface area contributed by atoms with Crippen LogP contribution < -0.4 is 9.47 Å². The van der Waals surface area contributed by atoms with Gasteiger partial charge in [0.25, 0.3) is 0 Å². The quantitative estimate of drug-likeness (QED) is 0.718. The number of fused-ring (bicyclic) bond motifs is 1. The fourth-order valence-electron chi connectivity index (χ4n) is 1.64. The number of benzene rings is 1. The summed E-state index contributed by atoms with van der Waals surface area (Å²) < 4.78 is 23.5. The van der Waals surface area contributed by atoms with Crippen molar-refractivity contribution in [1.29, 1.82) is 0 Å². The summed E-state index contributed by atoms with van der Waals surface area (Å²) in [5, 5.41) is 0. The molecule has 0 saturated heterocycles. The van der Waals surface area contributed by atoms with E-state index >= 15 is 0 Å². The first kappa shape index (κ1) is 9.96. The molecule has 0 bridgehead atoms. The van der Waals surface area contributed by atoms with Crippen LogP contribution in [-0.4, -0.2) is 13.1 Å². The van der Waals surface area contributed by atoms with Gasteiger partial charge in [-0.25, -0.2) is 4.39 Å². The highest BCUT2D eigenvalue weighted by atomic mass is 19.1. The lowest BCUT2D eigenvalue weighted by atomic mass is 9.97. The number of ether oxygens (including phenoxy) is 2. The molecule has 1 aliphatic rings. The van der Waals surface area contributed by atoms with E-state index in [1.54, 1.807) is 6.07 Å². The lowest BCUT2D eigenvalue weighted by molar-refractivity contribution is -0.108. The molecule has 1 unspecified atom stereocenters. The molecular formula is C11H11FO3. The predicted octanol–water partition coefficient (Wildman–Crippen LogP) is 2.25. The summed E-state index contributed by atoms with van der Waals surface area (Å²) in [7, 11) is 0. The molecule has 3 nitrogen and oxygen atoms in total. The van der Waals surface area contributed by atoms with Crippen molar-refractivity contribution < 1.29 is 18.7 Å². The smallest absolute Gasteiger partial charge is 0.231 e. The molecule has 0 fully saturated rings. The van der Waals surface area contributed by atoms with Crippen LogP contribution in [0.25, 0.3) is 0 Å². The Hall–Kier alpha value is -1.58. The molecule has 2 rings (SSSR count). The van der Waals surface area contributed by atoms with Crippen LogP contribution in [-0.2, 0) is 4.79 Å². The summed E-state index contributed by atoms with van der Waals surface area (Å²) in [6.45, 7) is 1.93. The molecule has 0 aromatic heterocycles. The predicted molar refractivity (Wildman–Crippen MR) is 51.6 cm³/mol. The van der Waals surface area contributed by atoms with Crippen LogP contribution in [0.2, 0.25) is 0 Å². The van der Waals surface area contributed by atoms with E-state index in [4.69, 9.17) is 9.47 Å². The molecule has 15 heavy (non-hydrogen) atoms. The number of carbonyl (C=O) groups excluding carboxylic acids is 1. The van der Waals surface area contributed by atoms with Gasteiger partial charge in [-0.15, -0.1) is 0 Å². The van der Waals surface area contributed by atoms with Crippen LogP contribution in [0.1, 0.15) is 24.8 Å². The average Bonchev–Trinajstić information content (AvgIpc) is 2.68. The van der Waals surface area contributed by atoms with Crippen molar-refractivity contribution >= 4 is 6.29 Å². The van der Waals surface area contributed by atoms with Crippen LogP contribution >= 0.6 is 0 Å². The van der Waals surface area contributed by atoms with Crippen LogP contribution in [0.4, 0.5) is 4.39 Å². The normalized spacial score (nSPS) is 15.1. The Balaban J connectivity index is 2.41. The van der Waals surface area contributed by atoms with E-state index in [0.29, 0.717) is 12.2 Å². The monoisotopic (exact) mass is 210 g/mol. The Morgan fingerprint density at radius 2 is 2.20 bits per heavy atom. The molecule has 80 valence electrons. The van der Waals surface area contributed by atoms with E-state index in [1.807, 2.05) is 6.92 Å². The molecule has 1 aliphatic heterocycles. The van der Waals surface area contributed by atoms with Crippen molar-refractivity contribution in [3.05, 3.63) is 23.5 Å². The lowest BCUT2D eigenvalue weighted by Crippen LogP contribution is -1.98. The van der Waals surface area contributed by atoms with E-state index in [1.165, 1.54) is 6.07 Å². The van der Waals surface area contributed by atoms with Crippen LogP contribution in [0.5, 0.6) is 11.5 Å². The zero-order chi connectivity index (χ0) is 10.8. The summed E-state index contributed by atoms with van der Waals surface area (Å²) in [6.07, 6.45) is 1.23. The van der Waals surface area contributed by atoms with E-state index < -0.39 is 5.82 Å². The van der Waals surface area contributed by atoms with Gasteiger partial charge in [0, 0.05) is 12.0 Å². The third kappa shape index (κ3) is 1.67. The average molecular weight is 210 g/mol. The molecule has 0 radical (unpaired) electrons. The second-order valence-corrected chi connectivity index (χ2v) is 3.50. The standard InChI is InChI=1S/C11H11FO3/c1-7(4-5-13)8-2-3-9(12)11-10(8)14-6-15-11/h2-3,5,7H,4,6H2,1H3. The molecule has 1 aromatic rings. The van der Waals surface area contributed by atoms with Crippen LogP contribution in [0.3, 0.4) is 0 Å². The minimum atomic E-state index is -0.426. The third-order valence-corrected chi connectivity index (χ3v) is 2.48. The van der Waals surface area contributed by atoms with Crippen molar-refractivity contribution in [2.45, 2.75) is 19.3 Å². The van der Waals surface area contributed by atoms with Crippen molar-refractivity contribution in [3.63, 3.8) is 0 Å². The van der Waals surface area contributed by atoms with Gasteiger partial charge in [-0.3, -0.25) is 0 Å². The van der Waals surface area contributed by atoms with Gasteiger partial charge in [0.1, 0.15) is 6.29 Å². The van der Waals surface area contributed by atoms with Gasteiger partial charge in [0.05, 0.1) is 0 Å². The molecular weight excluding hydrogens is 199 g/mol. The molecule has 1 atom stereocenters. The third-order valence-electron chi connectivity index (χ3n) is 2.48. The summed E-state index contributed by atoms with van der Waals surface area (Å²) in [5.41, 5.74) is 0.816. The molecule has 0 saturated carbocycles. The number of hydrogen-bond donors (Lipinski definition) is 0. The second-order valence-electron chi connectivity index (χ2n) is 3.50. The highest BCUT2D eigenvalue weighted by molar-refractivity contribution is 5.55. The number of halogens is 1. The maximum atomic E-state index is 13.2. The number of hydrogen-bond acceptors (Lipinski definition) is 3. The summed E-state index contributed by atoms with van der Waals surface area (Å²) in [6, 6.07) is 2.97. The summed E-state index contributed by atoms with van der Waals surface area (Å²) in [5.74, 6) is 0.178. The van der Waals surface area contributed by atoms with Gasteiger partial charge >= 0.3 is 0 Å². The van der Waals surface area contributed by atoms with Gasteiger partial charge in [0.2, 0.25) is 12.5 Å². The SMILES string of the molecule is CC(CC=O)c1ccc(F)c2c1OCO2. The van der Waals surface area contributed by atoms with E-state index in [2.05, 4.69) is 0 Å². The van der Waals surface area contributed by atoms with Gasteiger partial charge < -0.3 is 14.3 Å².